The van der Waals surface area contributed by atoms with Gasteiger partial charge in [-0.3, -0.25) is 33.5 Å². The summed E-state index contributed by atoms with van der Waals surface area (Å²) in [6.45, 7) is 2.71. The SMILES string of the molecule is COc1cc2nn([C@H]3CC[C@H](CN(C)C4CCN(c5cccc6c5n(C)c(=O)n6C5CCC(=O)NC5=O)CC4)CC3)cc2cc1NC(=O)c1ncc(F)cc1F. The number of amides is 3. The minimum absolute atomic E-state index is 0.204. The van der Waals surface area contributed by atoms with E-state index >= 15 is 0 Å². The van der Waals surface area contributed by atoms with Crippen molar-refractivity contribution < 1.29 is 27.9 Å². The molecular weight excluding hydrogens is 724 g/mol. The van der Waals surface area contributed by atoms with Crippen molar-refractivity contribution in [3.8, 4) is 5.75 Å². The number of aromatic nitrogens is 5. The van der Waals surface area contributed by atoms with Crippen LogP contribution in [0.2, 0.25) is 0 Å². The zero-order valence-corrected chi connectivity index (χ0v) is 31.6. The molecule has 294 valence electrons. The summed E-state index contributed by atoms with van der Waals surface area (Å²) in [4.78, 5) is 59.1. The Morgan fingerprint density at radius 1 is 1.04 bits per heavy atom. The average molecular weight is 770 g/mol. The number of aryl methyl sites for hydroxylation is 1. The maximum atomic E-state index is 14.2. The highest BCUT2D eigenvalue weighted by molar-refractivity contribution is 6.05. The number of nitrogens with one attached hydrogen (secondary N) is 2. The first-order valence-electron chi connectivity index (χ1n) is 19.2. The summed E-state index contributed by atoms with van der Waals surface area (Å²) in [5.74, 6) is -2.54. The largest absolute Gasteiger partial charge is 0.494 e. The van der Waals surface area contributed by atoms with Crippen LogP contribution in [0.4, 0.5) is 20.2 Å². The van der Waals surface area contributed by atoms with Crippen LogP contribution in [0.3, 0.4) is 0 Å². The number of imidazole rings is 1. The topological polar surface area (TPSA) is 149 Å². The van der Waals surface area contributed by atoms with E-state index in [2.05, 4.69) is 32.5 Å². The van der Waals surface area contributed by atoms with Gasteiger partial charge >= 0.3 is 5.69 Å². The number of halogens is 2. The van der Waals surface area contributed by atoms with E-state index in [0.717, 1.165) is 80.9 Å². The van der Waals surface area contributed by atoms with Gasteiger partial charge in [-0.2, -0.15) is 5.10 Å². The highest BCUT2D eigenvalue weighted by Crippen LogP contribution is 2.37. The fourth-order valence-corrected chi connectivity index (χ4v) is 8.89. The second-order valence-corrected chi connectivity index (χ2v) is 15.3. The van der Waals surface area contributed by atoms with Crippen molar-refractivity contribution in [2.45, 2.75) is 69.5 Å². The molecule has 1 aliphatic carbocycles. The van der Waals surface area contributed by atoms with Crippen molar-refractivity contribution in [3.05, 3.63) is 76.6 Å². The monoisotopic (exact) mass is 769 g/mol. The number of benzene rings is 2. The van der Waals surface area contributed by atoms with Gasteiger partial charge in [-0.05, 0) is 76.1 Å². The molecule has 1 atom stereocenters. The van der Waals surface area contributed by atoms with E-state index in [4.69, 9.17) is 9.84 Å². The number of fused-ring (bicyclic) bond motifs is 2. The maximum absolute atomic E-state index is 14.2. The lowest BCUT2D eigenvalue weighted by atomic mass is 9.85. The molecule has 2 aliphatic heterocycles. The minimum Gasteiger partial charge on any atom is -0.494 e. The number of nitrogens with zero attached hydrogens (tertiary/aromatic N) is 7. The molecule has 3 fully saturated rings. The fourth-order valence-electron chi connectivity index (χ4n) is 8.89. The van der Waals surface area contributed by atoms with E-state index in [-0.39, 0.29) is 24.1 Å². The number of hydrogen-bond donors (Lipinski definition) is 2. The molecule has 0 radical (unpaired) electrons. The van der Waals surface area contributed by atoms with Crippen molar-refractivity contribution in [1.82, 2.24) is 34.1 Å². The Labute approximate surface area is 321 Å². The molecule has 16 heteroatoms. The molecule has 5 heterocycles. The van der Waals surface area contributed by atoms with Gasteiger partial charge in [0.25, 0.3) is 5.91 Å². The Balaban J connectivity index is 0.868. The molecule has 0 bridgehead atoms. The van der Waals surface area contributed by atoms with Gasteiger partial charge in [0.05, 0.1) is 47.3 Å². The molecule has 0 spiro atoms. The quantitative estimate of drug-likeness (QED) is 0.199. The first-order valence-corrected chi connectivity index (χ1v) is 19.2. The van der Waals surface area contributed by atoms with Gasteiger partial charge in [0.2, 0.25) is 11.8 Å². The third-order valence-electron chi connectivity index (χ3n) is 11.9. The number of hydrogen-bond acceptors (Lipinski definition) is 9. The summed E-state index contributed by atoms with van der Waals surface area (Å²) in [5, 5.41) is 10.7. The van der Waals surface area contributed by atoms with Crippen molar-refractivity contribution >= 4 is 51.0 Å². The minimum atomic E-state index is -1.05. The number of pyridine rings is 1. The van der Waals surface area contributed by atoms with E-state index in [1.165, 1.54) is 7.11 Å². The zero-order valence-electron chi connectivity index (χ0n) is 31.6. The number of rotatable bonds is 9. The molecule has 14 nitrogen and oxygen atoms in total. The molecule has 56 heavy (non-hydrogen) atoms. The molecule has 3 aliphatic rings. The van der Waals surface area contributed by atoms with E-state index in [9.17, 15) is 28.0 Å². The predicted molar refractivity (Wildman–Crippen MR) is 206 cm³/mol. The standard InChI is InChI=1S/C40H45F2N9O5/c1-47(26-13-15-49(16-14-26)31-5-4-6-32-37(31)48(2)40(55)51(32)33-11-12-35(52)45-38(33)53)21-23-7-9-27(10-8-23)50-22-24-17-30(34(56-3)19-29(24)46-50)44-39(54)36-28(42)18-25(41)20-43-36/h4-6,17-20,22-23,26-27,33H,7-16,21H2,1-3H3,(H,44,54)(H,45,52,53)/t23-,27-,33?. The lowest BCUT2D eigenvalue weighted by molar-refractivity contribution is -0.135. The Morgan fingerprint density at radius 3 is 2.52 bits per heavy atom. The second kappa shape index (κ2) is 15.1. The molecule has 2 saturated heterocycles. The first-order chi connectivity index (χ1) is 27.0. The van der Waals surface area contributed by atoms with Crippen molar-refractivity contribution in [2.75, 3.05) is 44.0 Å². The van der Waals surface area contributed by atoms with Crippen LogP contribution in [-0.2, 0) is 16.6 Å². The van der Waals surface area contributed by atoms with Crippen molar-refractivity contribution in [3.63, 3.8) is 0 Å². The van der Waals surface area contributed by atoms with E-state index in [0.29, 0.717) is 46.9 Å². The van der Waals surface area contributed by atoms with Crippen LogP contribution in [-0.4, -0.2) is 86.4 Å². The van der Waals surface area contributed by atoms with Gasteiger partial charge < -0.3 is 19.9 Å². The van der Waals surface area contributed by atoms with Crippen LogP contribution in [0, 0.1) is 17.6 Å². The highest BCUT2D eigenvalue weighted by Gasteiger charge is 2.33. The van der Waals surface area contributed by atoms with Crippen molar-refractivity contribution in [1.29, 1.82) is 0 Å². The predicted octanol–water partition coefficient (Wildman–Crippen LogP) is 4.93. The van der Waals surface area contributed by atoms with Crippen LogP contribution >= 0.6 is 0 Å². The average Bonchev–Trinajstić information content (AvgIpc) is 3.72. The van der Waals surface area contributed by atoms with Crippen molar-refractivity contribution in [2.24, 2.45) is 13.0 Å². The Bertz CT molecular complexity index is 2390. The number of para-hydroxylation sites is 1. The third kappa shape index (κ3) is 7.01. The summed E-state index contributed by atoms with van der Waals surface area (Å²) in [6.07, 6.45) is 9.38. The number of carbonyl (C=O) groups excluding carboxylic acids is 3. The van der Waals surface area contributed by atoms with Gasteiger partial charge in [-0.15, -0.1) is 0 Å². The van der Waals surface area contributed by atoms with Gasteiger partial charge in [0.15, 0.2) is 11.5 Å². The Morgan fingerprint density at radius 2 is 1.80 bits per heavy atom. The summed E-state index contributed by atoms with van der Waals surface area (Å²) >= 11 is 0. The molecule has 8 rings (SSSR count). The molecular formula is C40H45F2N9O5. The van der Waals surface area contributed by atoms with Gasteiger partial charge in [0.1, 0.15) is 17.6 Å². The van der Waals surface area contributed by atoms with Crippen LogP contribution in [0.5, 0.6) is 5.75 Å². The molecule has 3 aromatic heterocycles. The Hall–Kier alpha value is -5.64. The zero-order chi connectivity index (χ0) is 39.2. The maximum Gasteiger partial charge on any atom is 0.329 e. The van der Waals surface area contributed by atoms with Gasteiger partial charge in [0, 0.05) is 62.9 Å². The summed E-state index contributed by atoms with van der Waals surface area (Å²) in [5.41, 5.74) is 2.76. The molecule has 5 aromatic rings. The lowest BCUT2D eigenvalue weighted by Crippen LogP contribution is -2.45. The number of piperidine rings is 2. The second-order valence-electron chi connectivity index (χ2n) is 15.3. The fraction of sp³-hybridized carbons (Fsp3) is 0.450. The highest BCUT2D eigenvalue weighted by atomic mass is 19.1. The Kier molecular flexibility index (Phi) is 10.1. The summed E-state index contributed by atoms with van der Waals surface area (Å²) in [6, 6.07) is 9.92. The van der Waals surface area contributed by atoms with Crippen LogP contribution in [0.15, 0.2) is 53.6 Å². The number of imide groups is 1. The lowest BCUT2D eigenvalue weighted by Gasteiger charge is -2.40. The number of ether oxygens (including phenoxy) is 1. The number of anilines is 2. The van der Waals surface area contributed by atoms with Crippen LogP contribution < -0.4 is 26.0 Å². The van der Waals surface area contributed by atoms with Crippen LogP contribution in [0.25, 0.3) is 21.9 Å². The summed E-state index contributed by atoms with van der Waals surface area (Å²) in [7, 11) is 5.44. The molecule has 3 amide bonds. The third-order valence-corrected chi connectivity index (χ3v) is 11.9. The molecule has 1 saturated carbocycles. The molecule has 2 N–H and O–H groups in total. The first kappa shape index (κ1) is 37.3. The van der Waals surface area contributed by atoms with E-state index in [1.54, 1.807) is 28.3 Å². The smallest absolute Gasteiger partial charge is 0.329 e. The molecule has 2 aromatic carbocycles. The summed E-state index contributed by atoms with van der Waals surface area (Å²) < 4.78 is 38.2. The van der Waals surface area contributed by atoms with Gasteiger partial charge in [-0.1, -0.05) is 6.07 Å². The molecule has 1 unspecified atom stereocenters. The normalized spacial score (nSPS) is 20.9. The van der Waals surface area contributed by atoms with Gasteiger partial charge in [-0.25, -0.2) is 18.6 Å². The van der Waals surface area contributed by atoms with Crippen LogP contribution in [0.1, 0.15) is 73.9 Å². The number of methoxy groups -OCH3 is 1. The number of carbonyl (C=O) groups is 3. The van der Waals surface area contributed by atoms with E-state index in [1.807, 2.05) is 29.1 Å². The van der Waals surface area contributed by atoms with E-state index < -0.39 is 35.2 Å².